The zero-order valence-corrected chi connectivity index (χ0v) is 22.7. The molecule has 2 heterocycles. The SMILES string of the molecule is C[C@@H]1C(O)[C@@H](OC2C(O)C(O[C@H]3O[C@H](CNCCO)CCC3N)[C@@H](N)C[C@H]2NC(=N)C(O)CN)OCC1(C)O. The van der Waals surface area contributed by atoms with Crippen molar-refractivity contribution in [3.8, 4) is 0 Å². The van der Waals surface area contributed by atoms with Crippen LogP contribution in [0.3, 0.4) is 0 Å². The lowest BCUT2D eigenvalue weighted by atomic mass is 9.82. The molecule has 1 saturated carbocycles. The molecule has 14 N–H and O–H groups in total. The van der Waals surface area contributed by atoms with Gasteiger partial charge < -0.3 is 72.3 Å². The van der Waals surface area contributed by atoms with E-state index in [0.29, 0.717) is 25.9 Å². The number of amidine groups is 1. The van der Waals surface area contributed by atoms with Crippen molar-refractivity contribution in [1.82, 2.24) is 10.6 Å². The molecule has 3 rings (SSSR count). The molecule has 0 bridgehead atoms. The Balaban J connectivity index is 1.76. The molecule has 15 nitrogen and oxygen atoms in total. The van der Waals surface area contributed by atoms with E-state index < -0.39 is 72.7 Å². The van der Waals surface area contributed by atoms with E-state index in [0.717, 1.165) is 0 Å². The van der Waals surface area contributed by atoms with Crippen LogP contribution in [0.4, 0.5) is 0 Å². The average molecular weight is 565 g/mol. The van der Waals surface area contributed by atoms with E-state index in [4.69, 9.17) is 46.7 Å². The van der Waals surface area contributed by atoms with Gasteiger partial charge in [0.2, 0.25) is 0 Å². The molecule has 0 aromatic carbocycles. The largest absolute Gasteiger partial charge is 0.395 e. The monoisotopic (exact) mass is 564 g/mol. The maximum atomic E-state index is 11.5. The van der Waals surface area contributed by atoms with Gasteiger partial charge in [0.05, 0.1) is 37.0 Å². The molecule has 7 unspecified atom stereocenters. The van der Waals surface area contributed by atoms with Gasteiger partial charge in [-0.2, -0.15) is 0 Å². The minimum Gasteiger partial charge on any atom is -0.395 e. The molecule has 0 amide bonds. The second-order valence-corrected chi connectivity index (χ2v) is 11.1. The Morgan fingerprint density at radius 3 is 2.49 bits per heavy atom. The lowest BCUT2D eigenvalue weighted by Gasteiger charge is -2.49. The van der Waals surface area contributed by atoms with Crippen LogP contribution in [0.15, 0.2) is 0 Å². The summed E-state index contributed by atoms with van der Waals surface area (Å²) in [5.41, 5.74) is 16.9. The van der Waals surface area contributed by atoms with Crippen molar-refractivity contribution in [3.63, 3.8) is 0 Å². The van der Waals surface area contributed by atoms with Gasteiger partial charge in [0.1, 0.15) is 36.4 Å². The third-order valence-corrected chi connectivity index (χ3v) is 7.97. The zero-order valence-electron chi connectivity index (χ0n) is 22.7. The molecule has 0 radical (unpaired) electrons. The average Bonchev–Trinajstić information content (AvgIpc) is 2.89. The number of aliphatic hydroxyl groups is 5. The van der Waals surface area contributed by atoms with Gasteiger partial charge >= 0.3 is 0 Å². The number of rotatable bonds is 11. The molecular weight excluding hydrogens is 516 g/mol. The van der Waals surface area contributed by atoms with Crippen LogP contribution in [0.2, 0.25) is 0 Å². The fourth-order valence-electron chi connectivity index (χ4n) is 5.16. The summed E-state index contributed by atoms with van der Waals surface area (Å²) in [6.45, 7) is 3.85. The van der Waals surface area contributed by atoms with Crippen LogP contribution in [-0.2, 0) is 18.9 Å². The fourth-order valence-corrected chi connectivity index (χ4v) is 5.16. The van der Waals surface area contributed by atoms with E-state index in [1.807, 2.05) is 0 Å². The third kappa shape index (κ3) is 8.03. The van der Waals surface area contributed by atoms with Crippen molar-refractivity contribution in [2.75, 3.05) is 32.8 Å². The highest BCUT2D eigenvalue weighted by Gasteiger charge is 2.51. The first-order chi connectivity index (χ1) is 18.4. The van der Waals surface area contributed by atoms with Gasteiger partial charge in [-0.25, -0.2) is 0 Å². The number of nitrogens with one attached hydrogen (secondary N) is 3. The Labute approximate surface area is 228 Å². The van der Waals surface area contributed by atoms with Crippen LogP contribution in [0.1, 0.15) is 33.1 Å². The van der Waals surface area contributed by atoms with E-state index in [2.05, 4.69) is 10.6 Å². The Bertz CT molecular complexity index is 782. The topological polar surface area (TPSA) is 264 Å². The van der Waals surface area contributed by atoms with E-state index in [-0.39, 0.29) is 38.1 Å². The van der Waals surface area contributed by atoms with Crippen LogP contribution < -0.4 is 27.8 Å². The first kappa shape index (κ1) is 32.5. The van der Waals surface area contributed by atoms with Gasteiger partial charge in [0.15, 0.2) is 12.6 Å². The highest BCUT2D eigenvalue weighted by molar-refractivity contribution is 5.83. The maximum absolute atomic E-state index is 11.5. The molecule has 2 saturated heterocycles. The standard InChI is InChI=1S/C24H48N6O9/c1-11-17(33)23(36-10-24(11,2)35)39-20-15(30-21(28)16(32)8-25)7-14(27)19(18(20)34)38-22-13(26)4-3-12(37-22)9-29-5-6-31/h11-20,22-23,29,31-35H,3-10,25-27H2,1-2H3,(H2,28,30)/t11-,12+,13?,14+,15-,16?,17?,18?,19?,20?,22-,23-,24?/m1/s1. The first-order valence-corrected chi connectivity index (χ1v) is 13.6. The van der Waals surface area contributed by atoms with Crippen molar-refractivity contribution >= 4 is 5.84 Å². The number of hydrogen-bond acceptors (Lipinski definition) is 14. The van der Waals surface area contributed by atoms with Crippen molar-refractivity contribution in [2.45, 2.75) is 106 Å². The molecule has 3 fully saturated rings. The predicted octanol–water partition coefficient (Wildman–Crippen LogP) is -4.38. The quantitative estimate of drug-likeness (QED) is 0.0643. The molecule has 13 atom stereocenters. The summed E-state index contributed by atoms with van der Waals surface area (Å²) in [5.74, 6) is -0.868. The summed E-state index contributed by atoms with van der Waals surface area (Å²) in [5, 5.41) is 65.8. The van der Waals surface area contributed by atoms with Gasteiger partial charge in [-0.1, -0.05) is 6.92 Å². The van der Waals surface area contributed by atoms with Crippen molar-refractivity contribution in [1.29, 1.82) is 5.41 Å². The van der Waals surface area contributed by atoms with Gasteiger partial charge in [-0.05, 0) is 26.2 Å². The smallest absolute Gasteiger partial charge is 0.184 e. The highest BCUT2D eigenvalue weighted by atomic mass is 16.7. The number of hydrogen-bond donors (Lipinski definition) is 11. The molecule has 228 valence electrons. The Kier molecular flexibility index (Phi) is 11.8. The maximum Gasteiger partial charge on any atom is 0.184 e. The molecule has 39 heavy (non-hydrogen) atoms. The summed E-state index contributed by atoms with van der Waals surface area (Å²) in [4.78, 5) is 0. The first-order valence-electron chi connectivity index (χ1n) is 13.6. The number of aliphatic hydroxyl groups excluding tert-OH is 4. The van der Waals surface area contributed by atoms with Gasteiger partial charge in [0, 0.05) is 31.6 Å². The van der Waals surface area contributed by atoms with Gasteiger partial charge in [0.25, 0.3) is 0 Å². The molecule has 1 aliphatic carbocycles. The van der Waals surface area contributed by atoms with E-state index >= 15 is 0 Å². The molecule has 0 aromatic heterocycles. The molecule has 2 aliphatic heterocycles. The van der Waals surface area contributed by atoms with Gasteiger partial charge in [-0.15, -0.1) is 0 Å². The molecule has 0 aromatic rings. The van der Waals surface area contributed by atoms with Crippen LogP contribution in [0.25, 0.3) is 0 Å². The van der Waals surface area contributed by atoms with E-state index in [9.17, 15) is 20.4 Å². The number of ether oxygens (including phenoxy) is 4. The summed E-state index contributed by atoms with van der Waals surface area (Å²) in [6.07, 6.45) is -6.72. The number of nitrogens with two attached hydrogens (primary N) is 3. The van der Waals surface area contributed by atoms with Gasteiger partial charge in [-0.3, -0.25) is 5.41 Å². The summed E-state index contributed by atoms with van der Waals surface area (Å²) < 4.78 is 23.9. The Hall–Kier alpha value is -1.05. The Morgan fingerprint density at radius 1 is 1.13 bits per heavy atom. The summed E-state index contributed by atoms with van der Waals surface area (Å²) in [7, 11) is 0. The zero-order chi connectivity index (χ0) is 28.9. The molecular formula is C24H48N6O9. The molecule has 15 heteroatoms. The summed E-state index contributed by atoms with van der Waals surface area (Å²) >= 11 is 0. The van der Waals surface area contributed by atoms with Crippen molar-refractivity contribution in [3.05, 3.63) is 0 Å². The van der Waals surface area contributed by atoms with E-state index in [1.165, 1.54) is 0 Å². The molecule has 3 aliphatic rings. The van der Waals surface area contributed by atoms with Crippen molar-refractivity contribution in [2.24, 2.45) is 23.1 Å². The third-order valence-electron chi connectivity index (χ3n) is 7.97. The lowest BCUT2D eigenvalue weighted by Crippen LogP contribution is -2.68. The minimum atomic E-state index is -1.37. The Morgan fingerprint density at radius 2 is 1.82 bits per heavy atom. The van der Waals surface area contributed by atoms with Crippen LogP contribution in [0, 0.1) is 11.3 Å². The highest BCUT2D eigenvalue weighted by Crippen LogP contribution is 2.34. The van der Waals surface area contributed by atoms with Crippen LogP contribution in [0.5, 0.6) is 0 Å². The minimum absolute atomic E-state index is 0.00136. The fraction of sp³-hybridized carbons (Fsp3) is 0.958. The normalized spacial score (nSPS) is 44.1. The second-order valence-electron chi connectivity index (χ2n) is 11.1. The van der Waals surface area contributed by atoms with Crippen molar-refractivity contribution < 1.29 is 44.5 Å². The predicted molar refractivity (Wildman–Crippen MR) is 139 cm³/mol. The van der Waals surface area contributed by atoms with Crippen LogP contribution in [-0.4, -0.2) is 137 Å². The second kappa shape index (κ2) is 14.2. The van der Waals surface area contributed by atoms with Crippen LogP contribution >= 0.6 is 0 Å². The lowest BCUT2D eigenvalue weighted by molar-refractivity contribution is -0.313. The van der Waals surface area contributed by atoms with E-state index in [1.54, 1.807) is 13.8 Å². The molecule has 0 spiro atoms. The summed E-state index contributed by atoms with van der Waals surface area (Å²) in [6, 6.07) is -1.97.